The van der Waals surface area contributed by atoms with Crippen molar-refractivity contribution in [3.05, 3.63) is 35.2 Å². The Bertz CT molecular complexity index is 805. The second-order valence-corrected chi connectivity index (χ2v) is 8.86. The molecule has 0 saturated carbocycles. The standard InChI is InChI=1S/C22H34N6O/c1-16(2)21(22-23-24-25-28(22)15-19-6-5-13-29-19)27-11-9-26(10-12-27)20-14-17(3)7-8-18(20)4/h7-8,14,16,19,21H,5-6,9-13,15H2,1-4H3/t19-,21+/m1/s1. The summed E-state index contributed by atoms with van der Waals surface area (Å²) in [6.07, 6.45) is 2.47. The average molecular weight is 399 g/mol. The van der Waals surface area contributed by atoms with Crippen LogP contribution < -0.4 is 4.90 Å². The van der Waals surface area contributed by atoms with E-state index in [1.165, 1.54) is 16.8 Å². The van der Waals surface area contributed by atoms with Gasteiger partial charge in [-0.05, 0) is 60.2 Å². The third-order valence-corrected chi connectivity index (χ3v) is 6.27. The summed E-state index contributed by atoms with van der Waals surface area (Å²) in [5.41, 5.74) is 4.04. The molecule has 0 amide bonds. The Hall–Kier alpha value is -1.99. The van der Waals surface area contributed by atoms with Gasteiger partial charge in [-0.25, -0.2) is 4.68 Å². The number of hydrogen-bond donors (Lipinski definition) is 0. The highest BCUT2D eigenvalue weighted by Crippen LogP contribution is 2.30. The van der Waals surface area contributed by atoms with Crippen molar-refractivity contribution in [3.63, 3.8) is 0 Å². The molecule has 2 saturated heterocycles. The molecule has 0 aliphatic carbocycles. The molecule has 2 aliphatic heterocycles. The molecule has 0 unspecified atom stereocenters. The van der Waals surface area contributed by atoms with Gasteiger partial charge < -0.3 is 9.64 Å². The molecule has 0 spiro atoms. The first kappa shape index (κ1) is 20.3. The summed E-state index contributed by atoms with van der Waals surface area (Å²) < 4.78 is 7.80. The van der Waals surface area contributed by atoms with Crippen LogP contribution in [0, 0.1) is 19.8 Å². The molecule has 7 heteroatoms. The zero-order valence-corrected chi connectivity index (χ0v) is 18.2. The third kappa shape index (κ3) is 4.46. The van der Waals surface area contributed by atoms with E-state index in [0.717, 1.165) is 58.0 Å². The number of tetrazole rings is 1. The van der Waals surface area contributed by atoms with E-state index in [-0.39, 0.29) is 12.1 Å². The summed E-state index contributed by atoms with van der Waals surface area (Å²) >= 11 is 0. The van der Waals surface area contributed by atoms with Crippen LogP contribution in [0.2, 0.25) is 0 Å². The topological polar surface area (TPSA) is 59.3 Å². The van der Waals surface area contributed by atoms with Crippen LogP contribution in [-0.2, 0) is 11.3 Å². The van der Waals surface area contributed by atoms with E-state index in [0.29, 0.717) is 5.92 Å². The van der Waals surface area contributed by atoms with Crippen molar-refractivity contribution in [1.82, 2.24) is 25.1 Å². The average Bonchev–Trinajstić information content (AvgIpc) is 3.37. The number of anilines is 1. The Morgan fingerprint density at radius 3 is 2.62 bits per heavy atom. The van der Waals surface area contributed by atoms with Crippen molar-refractivity contribution in [2.75, 3.05) is 37.7 Å². The molecule has 158 valence electrons. The van der Waals surface area contributed by atoms with Gasteiger partial charge in [0.15, 0.2) is 5.82 Å². The highest BCUT2D eigenvalue weighted by atomic mass is 16.5. The number of hydrogen-bond acceptors (Lipinski definition) is 6. The Morgan fingerprint density at radius 2 is 1.93 bits per heavy atom. The van der Waals surface area contributed by atoms with Gasteiger partial charge in [0.25, 0.3) is 0 Å². The van der Waals surface area contributed by atoms with Gasteiger partial charge in [-0.2, -0.15) is 0 Å². The molecular formula is C22H34N6O. The monoisotopic (exact) mass is 398 g/mol. The molecule has 29 heavy (non-hydrogen) atoms. The second-order valence-electron chi connectivity index (χ2n) is 8.86. The van der Waals surface area contributed by atoms with Crippen molar-refractivity contribution in [2.45, 2.75) is 59.2 Å². The lowest BCUT2D eigenvalue weighted by atomic mass is 10.00. The van der Waals surface area contributed by atoms with E-state index in [1.54, 1.807) is 0 Å². The molecule has 4 rings (SSSR count). The van der Waals surface area contributed by atoms with Crippen molar-refractivity contribution in [3.8, 4) is 0 Å². The Kier molecular flexibility index (Phi) is 6.15. The number of aryl methyl sites for hydroxylation is 2. The van der Waals surface area contributed by atoms with E-state index in [9.17, 15) is 0 Å². The van der Waals surface area contributed by atoms with Gasteiger partial charge in [0.05, 0.1) is 18.7 Å². The normalized spacial score (nSPS) is 21.8. The number of rotatable bonds is 6. The Labute approximate surface area is 174 Å². The van der Waals surface area contributed by atoms with Crippen LogP contribution in [0.4, 0.5) is 5.69 Å². The van der Waals surface area contributed by atoms with Crippen molar-refractivity contribution >= 4 is 5.69 Å². The molecule has 2 aromatic rings. The second kappa shape index (κ2) is 8.79. The van der Waals surface area contributed by atoms with E-state index in [4.69, 9.17) is 4.74 Å². The first-order valence-corrected chi connectivity index (χ1v) is 11.0. The minimum absolute atomic E-state index is 0.229. The largest absolute Gasteiger partial charge is 0.376 e. The summed E-state index contributed by atoms with van der Waals surface area (Å²) in [5.74, 6) is 1.42. The van der Waals surface area contributed by atoms with E-state index < -0.39 is 0 Å². The van der Waals surface area contributed by atoms with Crippen molar-refractivity contribution < 1.29 is 4.74 Å². The van der Waals surface area contributed by atoms with Crippen LogP contribution in [0.25, 0.3) is 0 Å². The lowest BCUT2D eigenvalue weighted by molar-refractivity contribution is 0.0865. The highest BCUT2D eigenvalue weighted by molar-refractivity contribution is 5.55. The van der Waals surface area contributed by atoms with Gasteiger partial charge in [-0.1, -0.05) is 26.0 Å². The molecule has 0 N–H and O–H groups in total. The zero-order chi connectivity index (χ0) is 20.4. The van der Waals surface area contributed by atoms with Gasteiger partial charge in [0.1, 0.15) is 0 Å². The molecule has 1 aromatic heterocycles. The fourth-order valence-electron chi connectivity index (χ4n) is 4.72. The maximum absolute atomic E-state index is 5.81. The number of piperazine rings is 1. The molecule has 2 fully saturated rings. The number of benzene rings is 1. The first-order chi connectivity index (χ1) is 14.0. The predicted octanol–water partition coefficient (Wildman–Crippen LogP) is 2.99. The maximum atomic E-state index is 5.81. The fourth-order valence-corrected chi connectivity index (χ4v) is 4.72. The van der Waals surface area contributed by atoms with Gasteiger partial charge >= 0.3 is 0 Å². The summed E-state index contributed by atoms with van der Waals surface area (Å²) in [6.45, 7) is 14.6. The van der Waals surface area contributed by atoms with Crippen molar-refractivity contribution in [1.29, 1.82) is 0 Å². The van der Waals surface area contributed by atoms with E-state index in [1.807, 2.05) is 4.68 Å². The lowest BCUT2D eigenvalue weighted by Gasteiger charge is -2.41. The number of nitrogens with zero attached hydrogens (tertiary/aromatic N) is 6. The molecule has 0 radical (unpaired) electrons. The predicted molar refractivity (Wildman–Crippen MR) is 114 cm³/mol. The summed E-state index contributed by atoms with van der Waals surface area (Å²) in [4.78, 5) is 5.08. The Morgan fingerprint density at radius 1 is 1.14 bits per heavy atom. The van der Waals surface area contributed by atoms with Crippen LogP contribution in [0.3, 0.4) is 0 Å². The van der Waals surface area contributed by atoms with Crippen LogP contribution >= 0.6 is 0 Å². The van der Waals surface area contributed by atoms with Gasteiger partial charge in [-0.3, -0.25) is 4.90 Å². The summed E-state index contributed by atoms with van der Waals surface area (Å²) in [7, 11) is 0. The minimum Gasteiger partial charge on any atom is -0.376 e. The van der Waals surface area contributed by atoms with E-state index in [2.05, 4.69) is 71.2 Å². The number of ether oxygens (including phenoxy) is 1. The first-order valence-electron chi connectivity index (χ1n) is 11.0. The number of aromatic nitrogens is 4. The summed E-state index contributed by atoms with van der Waals surface area (Å²) in [5, 5.41) is 12.8. The minimum atomic E-state index is 0.229. The quantitative estimate of drug-likeness (QED) is 0.746. The molecule has 2 atom stereocenters. The molecular weight excluding hydrogens is 364 g/mol. The van der Waals surface area contributed by atoms with Crippen LogP contribution in [-0.4, -0.2) is 64.0 Å². The highest BCUT2D eigenvalue weighted by Gasteiger charge is 2.32. The molecule has 7 nitrogen and oxygen atoms in total. The van der Waals surface area contributed by atoms with Crippen molar-refractivity contribution in [2.24, 2.45) is 5.92 Å². The SMILES string of the molecule is Cc1ccc(C)c(N2CCN([C@H](c3nnnn3C[C@H]3CCCO3)C(C)C)CC2)c1. The lowest BCUT2D eigenvalue weighted by Crippen LogP contribution is -2.49. The van der Waals surface area contributed by atoms with Gasteiger partial charge in [-0.15, -0.1) is 5.10 Å². The van der Waals surface area contributed by atoms with Crippen LogP contribution in [0.15, 0.2) is 18.2 Å². The summed E-state index contributed by atoms with van der Waals surface area (Å²) in [6, 6.07) is 6.96. The smallest absolute Gasteiger partial charge is 0.168 e. The molecule has 1 aromatic carbocycles. The van der Waals surface area contributed by atoms with Crippen LogP contribution in [0.5, 0.6) is 0 Å². The Balaban J connectivity index is 1.47. The maximum Gasteiger partial charge on any atom is 0.168 e. The molecule has 0 bridgehead atoms. The van der Waals surface area contributed by atoms with Gasteiger partial charge in [0.2, 0.25) is 0 Å². The zero-order valence-electron chi connectivity index (χ0n) is 18.2. The fraction of sp³-hybridized carbons (Fsp3) is 0.682. The third-order valence-electron chi connectivity index (χ3n) is 6.27. The van der Waals surface area contributed by atoms with Gasteiger partial charge in [0, 0.05) is 38.5 Å². The molecule has 3 heterocycles. The molecule has 2 aliphatic rings. The van der Waals surface area contributed by atoms with E-state index >= 15 is 0 Å². The van der Waals surface area contributed by atoms with Crippen LogP contribution in [0.1, 0.15) is 49.7 Å².